The molecule has 0 saturated carbocycles. The Bertz CT molecular complexity index is 513. The molecule has 2 rings (SSSR count). The van der Waals surface area contributed by atoms with Gasteiger partial charge in [-0.2, -0.15) is 5.10 Å². The second-order valence-corrected chi connectivity index (χ2v) is 3.48. The fourth-order valence-corrected chi connectivity index (χ4v) is 1.40. The van der Waals surface area contributed by atoms with Crippen molar-refractivity contribution >= 4 is 11.5 Å². The van der Waals surface area contributed by atoms with E-state index < -0.39 is 0 Å². The number of phenols is 1. The number of nitrogens with zero attached hydrogens (tertiary/aromatic N) is 2. The summed E-state index contributed by atoms with van der Waals surface area (Å²) in [5, 5.41) is 17.2. The minimum Gasteiger partial charge on any atom is -0.508 e. The molecule has 5 heteroatoms. The molecule has 0 spiro atoms. The molecule has 0 bridgehead atoms. The molecule has 0 fully saturated rings. The largest absolute Gasteiger partial charge is 0.508 e. The molecule has 2 aromatic rings. The number of hydrogen-bond donors (Lipinski definition) is 3. The van der Waals surface area contributed by atoms with Crippen LogP contribution < -0.4 is 11.5 Å². The highest BCUT2D eigenvalue weighted by Crippen LogP contribution is 2.20. The SMILES string of the molecule is Nc1cc(Cc2ccccc2O)nnc1N. The summed E-state index contributed by atoms with van der Waals surface area (Å²) in [4.78, 5) is 0. The Kier molecular flexibility index (Phi) is 2.59. The molecular weight excluding hydrogens is 204 g/mol. The number of para-hydroxylation sites is 1. The predicted octanol–water partition coefficient (Wildman–Crippen LogP) is 0.937. The summed E-state index contributed by atoms with van der Waals surface area (Å²) in [5.41, 5.74) is 12.9. The van der Waals surface area contributed by atoms with Gasteiger partial charge in [0.2, 0.25) is 0 Å². The molecular formula is C11H12N4O. The van der Waals surface area contributed by atoms with Crippen molar-refractivity contribution in [1.82, 2.24) is 10.2 Å². The Morgan fingerprint density at radius 3 is 2.56 bits per heavy atom. The van der Waals surface area contributed by atoms with E-state index in [0.717, 1.165) is 5.56 Å². The van der Waals surface area contributed by atoms with E-state index >= 15 is 0 Å². The van der Waals surface area contributed by atoms with Crippen LogP contribution in [0.2, 0.25) is 0 Å². The van der Waals surface area contributed by atoms with E-state index in [4.69, 9.17) is 11.5 Å². The smallest absolute Gasteiger partial charge is 0.169 e. The molecule has 0 aliphatic carbocycles. The lowest BCUT2D eigenvalue weighted by Gasteiger charge is -2.04. The van der Waals surface area contributed by atoms with Crippen LogP contribution >= 0.6 is 0 Å². The molecule has 82 valence electrons. The summed E-state index contributed by atoms with van der Waals surface area (Å²) in [7, 11) is 0. The lowest BCUT2D eigenvalue weighted by Crippen LogP contribution is -2.03. The van der Waals surface area contributed by atoms with Crippen LogP contribution in [0.1, 0.15) is 11.3 Å². The maximum atomic E-state index is 9.59. The number of hydrogen-bond acceptors (Lipinski definition) is 5. The van der Waals surface area contributed by atoms with Gasteiger partial charge in [0.05, 0.1) is 11.4 Å². The third-order valence-electron chi connectivity index (χ3n) is 2.27. The monoisotopic (exact) mass is 216 g/mol. The topological polar surface area (TPSA) is 98.0 Å². The summed E-state index contributed by atoms with van der Waals surface area (Å²) in [6.45, 7) is 0. The van der Waals surface area contributed by atoms with E-state index in [9.17, 15) is 5.11 Å². The fraction of sp³-hybridized carbons (Fsp3) is 0.0909. The van der Waals surface area contributed by atoms with Gasteiger partial charge in [-0.25, -0.2) is 0 Å². The molecule has 1 heterocycles. The number of nitrogens with two attached hydrogens (primary N) is 2. The van der Waals surface area contributed by atoms with Gasteiger partial charge in [0.25, 0.3) is 0 Å². The minimum absolute atomic E-state index is 0.223. The number of benzene rings is 1. The maximum Gasteiger partial charge on any atom is 0.169 e. The molecule has 5 N–H and O–H groups in total. The first-order chi connectivity index (χ1) is 7.66. The van der Waals surface area contributed by atoms with Crippen molar-refractivity contribution in [2.75, 3.05) is 11.5 Å². The first kappa shape index (κ1) is 10.2. The van der Waals surface area contributed by atoms with Gasteiger partial charge in [0.1, 0.15) is 5.75 Å². The van der Waals surface area contributed by atoms with Crippen LogP contribution in [0.3, 0.4) is 0 Å². The van der Waals surface area contributed by atoms with Gasteiger partial charge < -0.3 is 16.6 Å². The Labute approximate surface area is 92.7 Å². The zero-order chi connectivity index (χ0) is 11.5. The molecule has 0 aliphatic rings. The molecule has 16 heavy (non-hydrogen) atoms. The highest BCUT2D eigenvalue weighted by atomic mass is 16.3. The number of aromatic nitrogens is 2. The molecule has 0 aliphatic heterocycles. The highest BCUT2D eigenvalue weighted by molar-refractivity contribution is 5.57. The quantitative estimate of drug-likeness (QED) is 0.693. The molecule has 0 amide bonds. The summed E-state index contributed by atoms with van der Waals surface area (Å²) in [6.07, 6.45) is 0.476. The Hall–Kier alpha value is -2.30. The second-order valence-electron chi connectivity index (χ2n) is 3.48. The third-order valence-corrected chi connectivity index (χ3v) is 2.27. The van der Waals surface area contributed by atoms with Crippen LogP contribution in [0, 0.1) is 0 Å². The molecule has 0 atom stereocenters. The van der Waals surface area contributed by atoms with Crippen molar-refractivity contribution in [2.24, 2.45) is 0 Å². The summed E-state index contributed by atoms with van der Waals surface area (Å²) in [5.74, 6) is 0.459. The molecule has 5 nitrogen and oxygen atoms in total. The Morgan fingerprint density at radius 2 is 1.88 bits per heavy atom. The van der Waals surface area contributed by atoms with Gasteiger partial charge in [-0.3, -0.25) is 0 Å². The van der Waals surface area contributed by atoms with Crippen LogP contribution in [-0.2, 0) is 6.42 Å². The van der Waals surface area contributed by atoms with Gasteiger partial charge in [0.15, 0.2) is 5.82 Å². The summed E-state index contributed by atoms with van der Waals surface area (Å²) >= 11 is 0. The molecule has 0 saturated heterocycles. The average Bonchev–Trinajstić information content (AvgIpc) is 2.27. The standard InChI is InChI=1S/C11H12N4O/c12-9-6-8(14-15-11(9)13)5-7-3-1-2-4-10(7)16/h1-4,6,16H,5H2,(H2,12,14)(H2,13,15). The van der Waals surface area contributed by atoms with Crippen LogP contribution in [0.4, 0.5) is 11.5 Å². The molecule has 0 unspecified atom stereocenters. The van der Waals surface area contributed by atoms with E-state index in [1.54, 1.807) is 18.2 Å². The van der Waals surface area contributed by atoms with Crippen molar-refractivity contribution in [3.8, 4) is 5.75 Å². The fourth-order valence-electron chi connectivity index (χ4n) is 1.40. The van der Waals surface area contributed by atoms with Crippen molar-refractivity contribution < 1.29 is 5.11 Å². The number of phenolic OH excluding ortho intramolecular Hbond substituents is 1. The number of rotatable bonds is 2. The van der Waals surface area contributed by atoms with E-state index in [-0.39, 0.29) is 11.6 Å². The zero-order valence-corrected chi connectivity index (χ0v) is 8.59. The normalized spacial score (nSPS) is 10.2. The van der Waals surface area contributed by atoms with Crippen molar-refractivity contribution in [2.45, 2.75) is 6.42 Å². The van der Waals surface area contributed by atoms with Gasteiger partial charge >= 0.3 is 0 Å². The van der Waals surface area contributed by atoms with E-state index in [0.29, 0.717) is 17.8 Å². The maximum absolute atomic E-state index is 9.59. The van der Waals surface area contributed by atoms with E-state index in [1.165, 1.54) is 0 Å². The van der Waals surface area contributed by atoms with Crippen molar-refractivity contribution in [3.05, 3.63) is 41.6 Å². The van der Waals surface area contributed by atoms with Crippen LogP contribution in [0.15, 0.2) is 30.3 Å². The van der Waals surface area contributed by atoms with E-state index in [1.807, 2.05) is 12.1 Å². The van der Waals surface area contributed by atoms with Crippen molar-refractivity contribution in [1.29, 1.82) is 0 Å². The first-order valence-electron chi connectivity index (χ1n) is 4.81. The number of anilines is 2. The first-order valence-corrected chi connectivity index (χ1v) is 4.81. The number of aromatic hydroxyl groups is 1. The second kappa shape index (κ2) is 4.06. The number of nitrogen functional groups attached to an aromatic ring is 2. The van der Waals surface area contributed by atoms with Gasteiger partial charge in [0, 0.05) is 6.42 Å². The minimum atomic E-state index is 0.223. The lowest BCUT2D eigenvalue weighted by atomic mass is 10.1. The third kappa shape index (κ3) is 2.03. The Morgan fingerprint density at radius 1 is 1.12 bits per heavy atom. The lowest BCUT2D eigenvalue weighted by molar-refractivity contribution is 0.469. The predicted molar refractivity (Wildman–Crippen MR) is 61.8 cm³/mol. The van der Waals surface area contributed by atoms with Gasteiger partial charge in [-0.05, 0) is 17.7 Å². The van der Waals surface area contributed by atoms with Crippen LogP contribution in [0.25, 0.3) is 0 Å². The van der Waals surface area contributed by atoms with Crippen molar-refractivity contribution in [3.63, 3.8) is 0 Å². The summed E-state index contributed by atoms with van der Waals surface area (Å²) in [6, 6.07) is 8.73. The van der Waals surface area contributed by atoms with Gasteiger partial charge in [-0.15, -0.1) is 5.10 Å². The van der Waals surface area contributed by atoms with E-state index in [2.05, 4.69) is 10.2 Å². The zero-order valence-electron chi connectivity index (χ0n) is 8.59. The van der Waals surface area contributed by atoms with Crippen LogP contribution in [0.5, 0.6) is 5.75 Å². The average molecular weight is 216 g/mol. The summed E-state index contributed by atoms with van der Waals surface area (Å²) < 4.78 is 0. The molecule has 0 radical (unpaired) electrons. The van der Waals surface area contributed by atoms with Crippen LogP contribution in [-0.4, -0.2) is 15.3 Å². The van der Waals surface area contributed by atoms with Gasteiger partial charge in [-0.1, -0.05) is 18.2 Å². The highest BCUT2D eigenvalue weighted by Gasteiger charge is 2.05. The molecule has 1 aromatic heterocycles. The Balaban J connectivity index is 2.28. The molecule has 1 aromatic carbocycles.